The maximum Gasteiger partial charge on any atom is 0.223 e. The van der Waals surface area contributed by atoms with Crippen LogP contribution in [0.2, 0.25) is 0 Å². The summed E-state index contributed by atoms with van der Waals surface area (Å²) in [6, 6.07) is 0. The van der Waals surface area contributed by atoms with Gasteiger partial charge in [-0.3, -0.25) is 9.59 Å². The first-order valence-corrected chi connectivity index (χ1v) is 9.56. The van der Waals surface area contributed by atoms with Crippen molar-refractivity contribution >= 4 is 11.7 Å². The van der Waals surface area contributed by atoms with Crippen LogP contribution in [0.25, 0.3) is 0 Å². The lowest BCUT2D eigenvalue weighted by atomic mass is 9.48. The summed E-state index contributed by atoms with van der Waals surface area (Å²) in [5, 5.41) is 2.90. The highest BCUT2D eigenvalue weighted by Gasteiger charge is 2.59. The Morgan fingerprint density at radius 2 is 1.96 bits per heavy atom. The van der Waals surface area contributed by atoms with E-state index in [2.05, 4.69) is 25.2 Å². The van der Waals surface area contributed by atoms with Gasteiger partial charge in [0.2, 0.25) is 5.91 Å². The van der Waals surface area contributed by atoms with Crippen LogP contribution in [0.15, 0.2) is 23.8 Å². The lowest BCUT2D eigenvalue weighted by Crippen LogP contribution is -2.51. The third-order valence-corrected chi connectivity index (χ3v) is 8.12. The molecule has 4 aliphatic rings. The summed E-state index contributed by atoms with van der Waals surface area (Å²) < 4.78 is 0. The Hall–Kier alpha value is -1.38. The molecule has 0 heterocycles. The van der Waals surface area contributed by atoms with Gasteiger partial charge in [0.1, 0.15) is 0 Å². The quantitative estimate of drug-likeness (QED) is 0.799. The first kappa shape index (κ1) is 16.1. The second kappa shape index (κ2) is 5.31. The maximum atomic E-state index is 12.4. The predicted molar refractivity (Wildman–Crippen MR) is 94.2 cm³/mol. The highest BCUT2D eigenvalue weighted by molar-refractivity contribution is 6.01. The molecule has 6 atom stereocenters. The molecule has 3 fully saturated rings. The van der Waals surface area contributed by atoms with E-state index in [1.807, 2.05) is 6.08 Å². The van der Waals surface area contributed by atoms with Crippen molar-refractivity contribution in [3.05, 3.63) is 23.8 Å². The minimum absolute atomic E-state index is 0.0588. The van der Waals surface area contributed by atoms with Crippen LogP contribution < -0.4 is 5.32 Å². The topological polar surface area (TPSA) is 46.2 Å². The molecule has 0 spiro atoms. The van der Waals surface area contributed by atoms with E-state index in [1.54, 1.807) is 13.1 Å². The van der Waals surface area contributed by atoms with Crippen LogP contribution in [0.1, 0.15) is 52.4 Å². The van der Waals surface area contributed by atoms with Gasteiger partial charge in [0, 0.05) is 18.4 Å². The van der Waals surface area contributed by atoms with Gasteiger partial charge in [0.05, 0.1) is 0 Å². The standard InChI is InChI=1S/C21H29NO2/c1-20-10-8-14(23)12-13(20)4-5-15-16-6-7-18(19(24)22-3)21(16,2)11-9-17(15)20/h8,10,12,15-18H,4-7,9,11H2,1-3H3,(H,22,24)/t15?,16?,17-,18+,20?,21?/m0/s1. The number of carbonyl (C=O) groups excluding carboxylic acids is 2. The van der Waals surface area contributed by atoms with E-state index in [-0.39, 0.29) is 28.4 Å². The van der Waals surface area contributed by atoms with Gasteiger partial charge in [-0.25, -0.2) is 0 Å². The number of fused-ring (bicyclic) bond motifs is 5. The van der Waals surface area contributed by atoms with Crippen LogP contribution >= 0.6 is 0 Å². The molecular formula is C21H29NO2. The average Bonchev–Trinajstić information content (AvgIpc) is 2.92. The molecule has 0 aromatic rings. The van der Waals surface area contributed by atoms with Crippen molar-refractivity contribution in [1.82, 2.24) is 5.32 Å². The maximum absolute atomic E-state index is 12.4. The normalized spacial score (nSPS) is 46.6. The molecule has 1 amide bonds. The fourth-order valence-electron chi connectivity index (χ4n) is 6.80. The molecule has 0 radical (unpaired) electrons. The monoisotopic (exact) mass is 327 g/mol. The zero-order chi connectivity index (χ0) is 17.1. The number of hydrogen-bond acceptors (Lipinski definition) is 2. The Kier molecular flexibility index (Phi) is 3.56. The SMILES string of the molecule is CNC(=O)[C@H]1CCC2C3CCC4=CC(=O)C=CC4(C)[C@H]3CCC21C. The van der Waals surface area contributed by atoms with Gasteiger partial charge in [-0.2, -0.15) is 0 Å². The summed E-state index contributed by atoms with van der Waals surface area (Å²) in [5.74, 6) is 2.55. The lowest BCUT2D eigenvalue weighted by molar-refractivity contribution is -0.131. The number of nitrogens with one attached hydrogen (secondary N) is 1. The van der Waals surface area contributed by atoms with Crippen molar-refractivity contribution in [2.24, 2.45) is 34.5 Å². The number of hydrogen-bond donors (Lipinski definition) is 1. The van der Waals surface area contributed by atoms with Gasteiger partial charge in [-0.1, -0.05) is 25.5 Å². The molecule has 4 unspecified atom stereocenters. The van der Waals surface area contributed by atoms with Crippen molar-refractivity contribution in [3.8, 4) is 0 Å². The van der Waals surface area contributed by atoms with E-state index in [1.165, 1.54) is 24.8 Å². The van der Waals surface area contributed by atoms with Crippen molar-refractivity contribution in [3.63, 3.8) is 0 Å². The van der Waals surface area contributed by atoms with Crippen LogP contribution in [-0.2, 0) is 9.59 Å². The summed E-state index contributed by atoms with van der Waals surface area (Å²) in [4.78, 5) is 24.2. The van der Waals surface area contributed by atoms with Gasteiger partial charge in [0.15, 0.2) is 5.78 Å². The second-order valence-corrected chi connectivity index (χ2v) is 8.89. The van der Waals surface area contributed by atoms with Gasteiger partial charge >= 0.3 is 0 Å². The Morgan fingerprint density at radius 3 is 2.71 bits per heavy atom. The lowest BCUT2D eigenvalue weighted by Gasteiger charge is -2.56. The number of amides is 1. The van der Waals surface area contributed by atoms with E-state index in [4.69, 9.17) is 0 Å². The predicted octanol–water partition coefficient (Wildman–Crippen LogP) is 3.66. The number of rotatable bonds is 1. The molecule has 0 aromatic carbocycles. The number of ketones is 1. The van der Waals surface area contributed by atoms with Crippen molar-refractivity contribution in [1.29, 1.82) is 0 Å². The second-order valence-electron chi connectivity index (χ2n) is 8.89. The Bertz CT molecular complexity index is 648. The van der Waals surface area contributed by atoms with E-state index in [0.717, 1.165) is 19.3 Å². The molecular weight excluding hydrogens is 298 g/mol. The largest absolute Gasteiger partial charge is 0.359 e. The minimum atomic E-state index is 0.0588. The van der Waals surface area contributed by atoms with Crippen molar-refractivity contribution < 1.29 is 9.59 Å². The first-order valence-electron chi connectivity index (χ1n) is 9.56. The zero-order valence-corrected chi connectivity index (χ0v) is 15.1. The Morgan fingerprint density at radius 1 is 1.17 bits per heavy atom. The van der Waals surface area contributed by atoms with Crippen LogP contribution in [-0.4, -0.2) is 18.7 Å². The smallest absolute Gasteiger partial charge is 0.223 e. The third kappa shape index (κ3) is 2.02. The number of allylic oxidation sites excluding steroid dienone is 4. The van der Waals surface area contributed by atoms with E-state index in [0.29, 0.717) is 17.8 Å². The summed E-state index contributed by atoms with van der Waals surface area (Å²) >= 11 is 0. The Balaban J connectivity index is 1.66. The fraction of sp³-hybridized carbons (Fsp3) is 0.714. The van der Waals surface area contributed by atoms with Crippen LogP contribution in [0.3, 0.4) is 0 Å². The molecule has 0 aromatic heterocycles. The van der Waals surface area contributed by atoms with Gasteiger partial charge in [-0.05, 0) is 73.8 Å². The molecule has 0 saturated heterocycles. The van der Waals surface area contributed by atoms with Gasteiger partial charge in [0.25, 0.3) is 0 Å². The van der Waals surface area contributed by atoms with Gasteiger partial charge in [-0.15, -0.1) is 0 Å². The molecule has 0 bridgehead atoms. The minimum Gasteiger partial charge on any atom is -0.359 e. The van der Waals surface area contributed by atoms with E-state index in [9.17, 15) is 9.59 Å². The zero-order valence-electron chi connectivity index (χ0n) is 15.1. The summed E-state index contributed by atoms with van der Waals surface area (Å²) in [7, 11) is 1.77. The van der Waals surface area contributed by atoms with Crippen LogP contribution in [0.4, 0.5) is 0 Å². The number of carbonyl (C=O) groups is 2. The van der Waals surface area contributed by atoms with Crippen LogP contribution in [0.5, 0.6) is 0 Å². The van der Waals surface area contributed by atoms with Gasteiger partial charge < -0.3 is 5.32 Å². The highest BCUT2D eigenvalue weighted by Crippen LogP contribution is 2.65. The molecule has 3 nitrogen and oxygen atoms in total. The molecule has 4 aliphatic carbocycles. The molecule has 4 rings (SSSR count). The van der Waals surface area contributed by atoms with Crippen molar-refractivity contribution in [2.75, 3.05) is 7.05 Å². The molecule has 3 heteroatoms. The van der Waals surface area contributed by atoms with E-state index < -0.39 is 0 Å². The molecule has 1 N–H and O–H groups in total. The third-order valence-electron chi connectivity index (χ3n) is 8.12. The molecule has 130 valence electrons. The summed E-state index contributed by atoms with van der Waals surface area (Å²) in [6.45, 7) is 4.71. The average molecular weight is 327 g/mol. The molecule has 3 saturated carbocycles. The summed E-state index contributed by atoms with van der Waals surface area (Å²) in [6.07, 6.45) is 12.6. The fourth-order valence-corrected chi connectivity index (χ4v) is 6.80. The highest BCUT2D eigenvalue weighted by atomic mass is 16.1. The Labute approximate surface area is 145 Å². The van der Waals surface area contributed by atoms with Crippen LogP contribution in [0, 0.1) is 34.5 Å². The summed E-state index contributed by atoms with van der Waals surface area (Å²) in [5.41, 5.74) is 1.57. The van der Waals surface area contributed by atoms with Crippen molar-refractivity contribution in [2.45, 2.75) is 52.4 Å². The van der Waals surface area contributed by atoms with E-state index >= 15 is 0 Å². The molecule has 24 heavy (non-hydrogen) atoms. The first-order chi connectivity index (χ1) is 11.4. The molecule has 0 aliphatic heterocycles.